The third kappa shape index (κ3) is 40.3. The number of allylic oxidation sites excluding steroid dienone is 9. The highest BCUT2D eigenvalue weighted by Gasteiger charge is 2.19. The Labute approximate surface area is 332 Å². The second-order valence-corrected chi connectivity index (χ2v) is 14.6. The Hall–Kier alpha value is -2.89. The fraction of sp³-hybridized carbons (Fsp3) is 0.729. The molecule has 6 heteroatoms. The smallest absolute Gasteiger partial charge is 0.310 e. The fourth-order valence-corrected chi connectivity index (χ4v) is 5.97. The van der Waals surface area contributed by atoms with Crippen LogP contribution in [0.1, 0.15) is 207 Å². The largest absolute Gasteiger partial charge is 0.462 e. The molecule has 6 nitrogen and oxygen atoms in total. The van der Waals surface area contributed by atoms with Crippen LogP contribution in [-0.2, 0) is 28.6 Å². The lowest BCUT2D eigenvalue weighted by molar-refractivity contribution is -0.166. The van der Waals surface area contributed by atoms with E-state index in [1.165, 1.54) is 89.9 Å². The minimum atomic E-state index is -0.824. The SMILES string of the molecule is CC/C=C\C/C=C\C/C=C\CC(=O)OC(COC(=O)CCCCCCC/C=C\C=C/CCCCCCCCC)COC(=O)CCCCCCCCCCC. The summed E-state index contributed by atoms with van der Waals surface area (Å²) in [5.74, 6) is -1.06. The maximum Gasteiger partial charge on any atom is 0.310 e. The highest BCUT2D eigenvalue weighted by molar-refractivity contribution is 5.72. The number of esters is 3. The van der Waals surface area contributed by atoms with Crippen molar-refractivity contribution in [1.82, 2.24) is 0 Å². The summed E-state index contributed by atoms with van der Waals surface area (Å²) in [6, 6.07) is 0. The molecule has 0 aliphatic heterocycles. The molecular formula is C48H82O6. The molecule has 0 radical (unpaired) electrons. The van der Waals surface area contributed by atoms with Crippen LogP contribution in [0.4, 0.5) is 0 Å². The second-order valence-electron chi connectivity index (χ2n) is 14.6. The van der Waals surface area contributed by atoms with Crippen LogP contribution in [0.2, 0.25) is 0 Å². The van der Waals surface area contributed by atoms with Gasteiger partial charge in [0.15, 0.2) is 6.10 Å². The van der Waals surface area contributed by atoms with E-state index in [1.807, 2.05) is 6.08 Å². The molecule has 0 amide bonds. The van der Waals surface area contributed by atoms with Crippen LogP contribution in [-0.4, -0.2) is 37.2 Å². The average Bonchev–Trinajstić information content (AvgIpc) is 3.17. The van der Waals surface area contributed by atoms with Gasteiger partial charge < -0.3 is 14.2 Å². The van der Waals surface area contributed by atoms with Gasteiger partial charge in [-0.1, -0.05) is 191 Å². The molecule has 1 unspecified atom stereocenters. The van der Waals surface area contributed by atoms with Crippen LogP contribution in [0.3, 0.4) is 0 Å². The van der Waals surface area contributed by atoms with E-state index in [-0.39, 0.29) is 31.6 Å². The third-order valence-electron chi connectivity index (χ3n) is 9.32. The number of carbonyl (C=O) groups excluding carboxylic acids is 3. The monoisotopic (exact) mass is 755 g/mol. The van der Waals surface area contributed by atoms with Gasteiger partial charge in [0, 0.05) is 12.8 Å². The Morgan fingerprint density at radius 3 is 1.26 bits per heavy atom. The van der Waals surface area contributed by atoms with E-state index in [2.05, 4.69) is 69.4 Å². The van der Waals surface area contributed by atoms with Gasteiger partial charge in [-0.05, 0) is 57.8 Å². The van der Waals surface area contributed by atoms with E-state index < -0.39 is 12.1 Å². The molecule has 0 saturated carbocycles. The van der Waals surface area contributed by atoms with Crippen LogP contribution in [0.15, 0.2) is 60.8 Å². The zero-order valence-corrected chi connectivity index (χ0v) is 35.2. The van der Waals surface area contributed by atoms with Gasteiger partial charge in [-0.25, -0.2) is 0 Å². The molecule has 0 N–H and O–H groups in total. The van der Waals surface area contributed by atoms with Crippen molar-refractivity contribution >= 4 is 17.9 Å². The first-order chi connectivity index (χ1) is 26.5. The van der Waals surface area contributed by atoms with Crippen molar-refractivity contribution in [1.29, 1.82) is 0 Å². The first-order valence-electron chi connectivity index (χ1n) is 22.3. The van der Waals surface area contributed by atoms with E-state index in [9.17, 15) is 14.4 Å². The van der Waals surface area contributed by atoms with E-state index >= 15 is 0 Å². The predicted octanol–water partition coefficient (Wildman–Crippen LogP) is 14.1. The quantitative estimate of drug-likeness (QED) is 0.0204. The number of hydrogen-bond acceptors (Lipinski definition) is 6. The van der Waals surface area contributed by atoms with Gasteiger partial charge in [-0.2, -0.15) is 0 Å². The molecule has 0 aliphatic carbocycles. The van der Waals surface area contributed by atoms with Crippen molar-refractivity contribution in [2.75, 3.05) is 13.2 Å². The maximum absolute atomic E-state index is 12.6. The Morgan fingerprint density at radius 2 is 0.815 bits per heavy atom. The average molecular weight is 755 g/mol. The van der Waals surface area contributed by atoms with Crippen molar-refractivity contribution in [3.05, 3.63) is 60.8 Å². The Bertz CT molecular complexity index is 1010. The molecule has 0 heterocycles. The minimum Gasteiger partial charge on any atom is -0.462 e. The summed E-state index contributed by atoms with van der Waals surface area (Å²) >= 11 is 0. The molecule has 54 heavy (non-hydrogen) atoms. The molecule has 0 rings (SSSR count). The van der Waals surface area contributed by atoms with E-state index in [1.54, 1.807) is 6.08 Å². The van der Waals surface area contributed by atoms with Crippen LogP contribution in [0.5, 0.6) is 0 Å². The van der Waals surface area contributed by atoms with E-state index in [0.717, 1.165) is 77.0 Å². The summed E-state index contributed by atoms with van der Waals surface area (Å²) in [6.07, 6.45) is 51.0. The normalized spacial score (nSPS) is 12.6. The lowest BCUT2D eigenvalue weighted by Gasteiger charge is -2.18. The highest BCUT2D eigenvalue weighted by atomic mass is 16.6. The van der Waals surface area contributed by atoms with Crippen molar-refractivity contribution < 1.29 is 28.6 Å². The summed E-state index contributed by atoms with van der Waals surface area (Å²) in [5, 5.41) is 0. The summed E-state index contributed by atoms with van der Waals surface area (Å²) in [5.41, 5.74) is 0. The maximum atomic E-state index is 12.6. The Morgan fingerprint density at radius 1 is 0.426 bits per heavy atom. The Kier molecular flexibility index (Phi) is 40.6. The molecule has 1 atom stereocenters. The van der Waals surface area contributed by atoms with Gasteiger partial charge in [-0.3, -0.25) is 14.4 Å². The molecule has 0 bridgehead atoms. The standard InChI is InChI=1S/C48H82O6/c1-4-7-10-13-16-19-20-21-22-23-24-25-26-27-30-32-35-38-41-47(50)53-44-45(54-48(51)42-39-36-33-29-18-15-12-9-6-3)43-52-46(49)40-37-34-31-28-17-14-11-8-5-2/h9,12,18,22-25,29,36,39,45H,4-8,10-11,13-17,19-21,26-28,30-35,37-38,40-44H2,1-3H3/b12-9-,23-22-,25-24-,29-18-,39-36-. The van der Waals surface area contributed by atoms with Crippen LogP contribution >= 0.6 is 0 Å². The molecule has 0 aliphatic rings. The second kappa shape index (κ2) is 42.8. The molecule has 0 saturated heterocycles. The van der Waals surface area contributed by atoms with Gasteiger partial charge in [0.05, 0.1) is 6.42 Å². The van der Waals surface area contributed by atoms with Crippen molar-refractivity contribution in [2.24, 2.45) is 0 Å². The minimum absolute atomic E-state index is 0.103. The lowest BCUT2D eigenvalue weighted by atomic mass is 10.1. The predicted molar refractivity (Wildman–Crippen MR) is 228 cm³/mol. The fourth-order valence-electron chi connectivity index (χ4n) is 5.97. The zero-order valence-electron chi connectivity index (χ0n) is 35.2. The molecule has 0 aromatic heterocycles. The molecule has 0 aromatic rings. The molecular weight excluding hydrogens is 673 g/mol. The third-order valence-corrected chi connectivity index (χ3v) is 9.32. The van der Waals surface area contributed by atoms with Gasteiger partial charge >= 0.3 is 17.9 Å². The first kappa shape index (κ1) is 51.1. The van der Waals surface area contributed by atoms with E-state index in [4.69, 9.17) is 14.2 Å². The summed E-state index contributed by atoms with van der Waals surface area (Å²) < 4.78 is 16.5. The molecule has 310 valence electrons. The van der Waals surface area contributed by atoms with E-state index in [0.29, 0.717) is 12.8 Å². The van der Waals surface area contributed by atoms with Gasteiger partial charge in [0.25, 0.3) is 0 Å². The van der Waals surface area contributed by atoms with Gasteiger partial charge in [0.2, 0.25) is 0 Å². The number of rotatable bonds is 39. The van der Waals surface area contributed by atoms with Crippen LogP contribution < -0.4 is 0 Å². The highest BCUT2D eigenvalue weighted by Crippen LogP contribution is 2.13. The van der Waals surface area contributed by atoms with Crippen molar-refractivity contribution in [3.8, 4) is 0 Å². The summed E-state index contributed by atoms with van der Waals surface area (Å²) in [7, 11) is 0. The van der Waals surface area contributed by atoms with Crippen molar-refractivity contribution in [3.63, 3.8) is 0 Å². The zero-order chi connectivity index (χ0) is 39.4. The summed E-state index contributed by atoms with van der Waals surface area (Å²) in [4.78, 5) is 37.5. The number of unbranched alkanes of at least 4 members (excludes halogenated alkanes) is 20. The van der Waals surface area contributed by atoms with Crippen molar-refractivity contribution in [2.45, 2.75) is 213 Å². The van der Waals surface area contributed by atoms with Gasteiger partial charge in [-0.15, -0.1) is 0 Å². The summed E-state index contributed by atoms with van der Waals surface area (Å²) in [6.45, 7) is 6.37. The Balaban J connectivity index is 4.37. The lowest BCUT2D eigenvalue weighted by Crippen LogP contribution is -2.30. The molecule has 0 spiro atoms. The molecule has 0 fully saturated rings. The van der Waals surface area contributed by atoms with Gasteiger partial charge in [0.1, 0.15) is 13.2 Å². The molecule has 0 aromatic carbocycles. The number of carbonyl (C=O) groups is 3. The topological polar surface area (TPSA) is 78.9 Å². The first-order valence-corrected chi connectivity index (χ1v) is 22.3. The van der Waals surface area contributed by atoms with Crippen LogP contribution in [0, 0.1) is 0 Å². The van der Waals surface area contributed by atoms with Crippen LogP contribution in [0.25, 0.3) is 0 Å². The number of ether oxygens (including phenoxy) is 3. The number of hydrogen-bond donors (Lipinski definition) is 0.